The van der Waals surface area contributed by atoms with Crippen molar-refractivity contribution in [2.24, 2.45) is 0 Å². The molecule has 0 bridgehead atoms. The van der Waals surface area contributed by atoms with Crippen LogP contribution in [0.2, 0.25) is 10.0 Å². The number of hydrogen-bond donors (Lipinski definition) is 0. The van der Waals surface area contributed by atoms with Gasteiger partial charge in [-0.1, -0.05) is 23.2 Å². The van der Waals surface area contributed by atoms with Crippen LogP contribution in [0.5, 0.6) is 0 Å². The maximum Gasteiger partial charge on any atom is 0.103 e. The van der Waals surface area contributed by atoms with Gasteiger partial charge in [0.05, 0.1) is 10.6 Å². The molecule has 0 saturated heterocycles. The molecule has 2 aromatic rings. The number of nitrogens with zero attached hydrogens (tertiary/aromatic N) is 2. The highest BCUT2D eigenvalue weighted by molar-refractivity contribution is 7.04. The lowest BCUT2D eigenvalue weighted by molar-refractivity contribution is 1.46. The van der Waals surface area contributed by atoms with Crippen LogP contribution in [0.4, 0.5) is 0 Å². The van der Waals surface area contributed by atoms with E-state index in [4.69, 9.17) is 28.5 Å². The Balaban J connectivity index is 2.60. The molecule has 15 heavy (non-hydrogen) atoms. The Morgan fingerprint density at radius 1 is 1.33 bits per heavy atom. The van der Waals surface area contributed by atoms with Crippen molar-refractivity contribution in [2.75, 3.05) is 0 Å². The number of benzene rings is 1. The molecule has 1 heterocycles. The van der Waals surface area contributed by atoms with Crippen LogP contribution in [0.3, 0.4) is 0 Å². The van der Waals surface area contributed by atoms with Crippen LogP contribution in [0, 0.1) is 11.3 Å². The Morgan fingerprint density at radius 3 is 2.80 bits per heavy atom. The lowest BCUT2D eigenvalue weighted by atomic mass is 10.1. The minimum absolute atomic E-state index is 0.505. The highest BCUT2D eigenvalue weighted by Crippen LogP contribution is 2.31. The van der Waals surface area contributed by atoms with E-state index in [1.165, 1.54) is 11.5 Å². The van der Waals surface area contributed by atoms with E-state index in [9.17, 15) is 0 Å². The van der Waals surface area contributed by atoms with E-state index in [1.807, 2.05) is 0 Å². The Kier molecular flexibility index (Phi) is 2.92. The molecular weight excluding hydrogens is 251 g/mol. The Morgan fingerprint density at radius 2 is 2.13 bits per heavy atom. The SMILES string of the molecule is N#Cc1csnc1-c1ccc(Cl)cc1Cl. The first-order valence-electron chi connectivity index (χ1n) is 4.02. The molecule has 1 aromatic heterocycles. The summed E-state index contributed by atoms with van der Waals surface area (Å²) in [7, 11) is 0. The summed E-state index contributed by atoms with van der Waals surface area (Å²) in [5, 5.41) is 11.6. The fraction of sp³-hybridized carbons (Fsp3) is 0. The Hall–Kier alpha value is -1.08. The first kappa shape index (κ1) is 10.4. The van der Waals surface area contributed by atoms with Gasteiger partial charge < -0.3 is 0 Å². The van der Waals surface area contributed by atoms with Gasteiger partial charge in [0, 0.05) is 16.0 Å². The molecule has 0 saturated carbocycles. The van der Waals surface area contributed by atoms with Crippen molar-refractivity contribution in [1.82, 2.24) is 4.37 Å². The summed E-state index contributed by atoms with van der Waals surface area (Å²) >= 11 is 13.0. The smallest absolute Gasteiger partial charge is 0.103 e. The lowest BCUT2D eigenvalue weighted by Crippen LogP contribution is -1.82. The summed E-state index contributed by atoms with van der Waals surface area (Å²) in [4.78, 5) is 0. The molecule has 74 valence electrons. The monoisotopic (exact) mass is 254 g/mol. The van der Waals surface area contributed by atoms with E-state index in [-0.39, 0.29) is 0 Å². The number of halogens is 2. The van der Waals surface area contributed by atoms with E-state index in [0.29, 0.717) is 21.3 Å². The van der Waals surface area contributed by atoms with Crippen LogP contribution in [0.15, 0.2) is 23.6 Å². The van der Waals surface area contributed by atoms with Gasteiger partial charge in [0.1, 0.15) is 11.8 Å². The van der Waals surface area contributed by atoms with Gasteiger partial charge in [0.25, 0.3) is 0 Å². The van der Waals surface area contributed by atoms with E-state index in [1.54, 1.807) is 23.6 Å². The van der Waals surface area contributed by atoms with E-state index < -0.39 is 0 Å². The zero-order chi connectivity index (χ0) is 10.8. The van der Waals surface area contributed by atoms with Crippen LogP contribution in [0.25, 0.3) is 11.3 Å². The number of aromatic nitrogens is 1. The van der Waals surface area contributed by atoms with Crippen molar-refractivity contribution in [3.8, 4) is 17.3 Å². The quantitative estimate of drug-likeness (QED) is 0.772. The number of nitriles is 1. The van der Waals surface area contributed by atoms with Gasteiger partial charge in [0.15, 0.2) is 0 Å². The van der Waals surface area contributed by atoms with Gasteiger partial charge in [-0.3, -0.25) is 0 Å². The van der Waals surface area contributed by atoms with Crippen molar-refractivity contribution >= 4 is 34.7 Å². The van der Waals surface area contributed by atoms with Crippen LogP contribution < -0.4 is 0 Å². The van der Waals surface area contributed by atoms with Gasteiger partial charge >= 0.3 is 0 Å². The van der Waals surface area contributed by atoms with Crippen LogP contribution in [-0.2, 0) is 0 Å². The number of hydrogen-bond acceptors (Lipinski definition) is 3. The van der Waals surface area contributed by atoms with Crippen molar-refractivity contribution in [2.45, 2.75) is 0 Å². The first-order chi connectivity index (χ1) is 7.22. The summed E-state index contributed by atoms with van der Waals surface area (Å²) < 4.78 is 4.14. The van der Waals surface area contributed by atoms with Gasteiger partial charge in [-0.25, -0.2) is 0 Å². The molecule has 2 rings (SSSR count). The van der Waals surface area contributed by atoms with Crippen LogP contribution >= 0.6 is 34.7 Å². The van der Waals surface area contributed by atoms with E-state index >= 15 is 0 Å². The predicted molar refractivity (Wildman–Crippen MR) is 62.3 cm³/mol. The molecule has 1 aromatic carbocycles. The fourth-order valence-corrected chi connectivity index (χ4v) is 2.31. The Labute approximate surface area is 101 Å². The molecular formula is C10H4Cl2N2S. The van der Waals surface area contributed by atoms with Crippen molar-refractivity contribution < 1.29 is 0 Å². The summed E-state index contributed by atoms with van der Waals surface area (Å²) in [6.45, 7) is 0. The van der Waals surface area contributed by atoms with Crippen molar-refractivity contribution in [3.05, 3.63) is 39.2 Å². The lowest BCUT2D eigenvalue weighted by Gasteiger charge is -2.01. The molecule has 0 fully saturated rings. The van der Waals surface area contributed by atoms with Gasteiger partial charge in [-0.15, -0.1) is 0 Å². The third kappa shape index (κ3) is 1.98. The van der Waals surface area contributed by atoms with E-state index in [2.05, 4.69) is 10.4 Å². The minimum Gasteiger partial charge on any atom is -0.192 e. The maximum atomic E-state index is 8.86. The second-order valence-electron chi connectivity index (χ2n) is 2.81. The predicted octanol–water partition coefficient (Wildman–Crippen LogP) is 3.99. The zero-order valence-electron chi connectivity index (χ0n) is 7.37. The molecule has 2 nitrogen and oxygen atoms in total. The molecule has 0 atom stereocenters. The van der Waals surface area contributed by atoms with Crippen molar-refractivity contribution in [3.63, 3.8) is 0 Å². The third-order valence-corrected chi connectivity index (χ3v) is 3.05. The summed E-state index contributed by atoms with van der Waals surface area (Å²) in [5.74, 6) is 0. The average Bonchev–Trinajstić information content (AvgIpc) is 2.65. The molecule has 0 amide bonds. The van der Waals surface area contributed by atoms with Crippen molar-refractivity contribution in [1.29, 1.82) is 5.26 Å². The Bertz CT molecular complexity index is 543. The maximum absolute atomic E-state index is 8.86. The minimum atomic E-state index is 0.505. The standard InChI is InChI=1S/C10H4Cl2N2S/c11-7-1-2-8(9(12)3-7)10-6(4-13)5-15-14-10/h1-3,5H. The largest absolute Gasteiger partial charge is 0.192 e. The molecule has 0 spiro atoms. The molecule has 0 aliphatic rings. The highest BCUT2D eigenvalue weighted by atomic mass is 35.5. The summed E-state index contributed by atoms with van der Waals surface area (Å²) in [6.07, 6.45) is 0. The normalized spacial score (nSPS) is 9.93. The zero-order valence-corrected chi connectivity index (χ0v) is 9.70. The average molecular weight is 255 g/mol. The van der Waals surface area contributed by atoms with E-state index in [0.717, 1.165) is 5.56 Å². The molecule has 0 unspecified atom stereocenters. The topological polar surface area (TPSA) is 36.7 Å². The first-order valence-corrected chi connectivity index (χ1v) is 5.61. The number of rotatable bonds is 1. The summed E-state index contributed by atoms with van der Waals surface area (Å²) in [6, 6.07) is 7.20. The second kappa shape index (κ2) is 4.19. The molecule has 0 radical (unpaired) electrons. The molecule has 0 N–H and O–H groups in total. The van der Waals surface area contributed by atoms with Crippen LogP contribution in [-0.4, -0.2) is 4.37 Å². The molecule has 0 aliphatic carbocycles. The third-order valence-electron chi connectivity index (χ3n) is 1.88. The van der Waals surface area contributed by atoms with Gasteiger partial charge in [0.2, 0.25) is 0 Å². The summed E-state index contributed by atoms with van der Waals surface area (Å²) in [5.41, 5.74) is 1.88. The molecule has 0 aliphatic heterocycles. The second-order valence-corrected chi connectivity index (χ2v) is 4.29. The van der Waals surface area contributed by atoms with Gasteiger partial charge in [-0.05, 0) is 29.7 Å². The fourth-order valence-electron chi connectivity index (χ4n) is 1.19. The highest BCUT2D eigenvalue weighted by Gasteiger charge is 2.11. The van der Waals surface area contributed by atoms with Crippen LogP contribution in [0.1, 0.15) is 5.56 Å². The molecule has 5 heteroatoms. The van der Waals surface area contributed by atoms with Gasteiger partial charge in [-0.2, -0.15) is 9.64 Å².